The molecule has 6 heteroatoms. The molecule has 2 aliphatic rings. The van der Waals surface area contributed by atoms with Crippen LogP contribution in [-0.4, -0.2) is 48.1 Å². The Morgan fingerprint density at radius 2 is 1.82 bits per heavy atom. The fourth-order valence-electron chi connectivity index (χ4n) is 3.83. The molecule has 1 fully saturated rings. The van der Waals surface area contributed by atoms with Gasteiger partial charge < -0.3 is 19.7 Å². The van der Waals surface area contributed by atoms with E-state index in [0.717, 1.165) is 43.9 Å². The van der Waals surface area contributed by atoms with Gasteiger partial charge in [-0.1, -0.05) is 6.07 Å². The molecule has 2 aliphatic heterocycles. The third kappa shape index (κ3) is 4.28. The van der Waals surface area contributed by atoms with E-state index in [0.29, 0.717) is 24.8 Å². The lowest BCUT2D eigenvalue weighted by atomic mass is 10.0. The second-order valence-corrected chi connectivity index (χ2v) is 7.45. The van der Waals surface area contributed by atoms with Crippen LogP contribution >= 0.6 is 0 Å². The fourth-order valence-corrected chi connectivity index (χ4v) is 3.83. The maximum atomic E-state index is 12.6. The Morgan fingerprint density at radius 3 is 2.57 bits per heavy atom. The van der Waals surface area contributed by atoms with Crippen molar-refractivity contribution in [2.45, 2.75) is 38.3 Å². The molecule has 0 saturated carbocycles. The van der Waals surface area contributed by atoms with Gasteiger partial charge in [0, 0.05) is 49.6 Å². The molecule has 1 unspecified atom stereocenters. The summed E-state index contributed by atoms with van der Waals surface area (Å²) in [6, 6.07) is 10.4. The highest BCUT2D eigenvalue weighted by Crippen LogP contribution is 2.32. The van der Waals surface area contributed by atoms with Gasteiger partial charge in [0.1, 0.15) is 0 Å². The van der Waals surface area contributed by atoms with Crippen molar-refractivity contribution in [2.24, 2.45) is 0 Å². The summed E-state index contributed by atoms with van der Waals surface area (Å²) in [5, 5.41) is 3.71. The summed E-state index contributed by atoms with van der Waals surface area (Å²) in [6.07, 6.45) is 6.14. The second kappa shape index (κ2) is 8.61. The van der Waals surface area contributed by atoms with Gasteiger partial charge in [-0.15, -0.1) is 0 Å². The topological polar surface area (TPSA) is 63.7 Å². The molecule has 4 rings (SSSR count). The van der Waals surface area contributed by atoms with Gasteiger partial charge in [-0.25, -0.2) is 0 Å². The standard InChI is InChI=1S/C22H27N3O3/c1-16(18-3-4-20-21(15-18)28-14-2-13-27-20)24-19-7-11-25(12-8-19)22(26)17-5-9-23-10-6-17/h3-6,9-10,15-16,19,24H,2,7-8,11-14H2,1H3. The minimum atomic E-state index is 0.0943. The van der Waals surface area contributed by atoms with Crippen LogP contribution in [-0.2, 0) is 0 Å². The molecule has 1 saturated heterocycles. The molecular formula is C22H27N3O3. The third-order valence-corrected chi connectivity index (χ3v) is 5.47. The monoisotopic (exact) mass is 381 g/mol. The largest absolute Gasteiger partial charge is 0.490 e. The van der Waals surface area contributed by atoms with Crippen molar-refractivity contribution in [1.82, 2.24) is 15.2 Å². The van der Waals surface area contributed by atoms with E-state index in [1.54, 1.807) is 24.5 Å². The summed E-state index contributed by atoms with van der Waals surface area (Å²) in [5.74, 6) is 1.76. The van der Waals surface area contributed by atoms with E-state index in [1.165, 1.54) is 5.56 Å². The molecule has 0 bridgehead atoms. The van der Waals surface area contributed by atoms with Crippen molar-refractivity contribution in [3.8, 4) is 11.5 Å². The van der Waals surface area contributed by atoms with Crippen LogP contribution in [0.4, 0.5) is 0 Å². The predicted octanol–water partition coefficient (Wildman–Crippen LogP) is 3.20. The average molecular weight is 381 g/mol. The van der Waals surface area contributed by atoms with Gasteiger partial charge in [-0.2, -0.15) is 0 Å². The van der Waals surface area contributed by atoms with E-state index in [9.17, 15) is 4.79 Å². The van der Waals surface area contributed by atoms with Crippen LogP contribution in [0.15, 0.2) is 42.7 Å². The summed E-state index contributed by atoms with van der Waals surface area (Å²) in [7, 11) is 0. The number of benzene rings is 1. The number of ether oxygens (including phenoxy) is 2. The number of likely N-dealkylation sites (tertiary alicyclic amines) is 1. The van der Waals surface area contributed by atoms with Crippen molar-refractivity contribution < 1.29 is 14.3 Å². The van der Waals surface area contributed by atoms with Crippen LogP contribution in [0.25, 0.3) is 0 Å². The van der Waals surface area contributed by atoms with Gasteiger partial charge in [-0.05, 0) is 49.6 Å². The Balaban J connectivity index is 1.32. The Kier molecular flexibility index (Phi) is 5.76. The number of nitrogens with one attached hydrogen (secondary N) is 1. The Hall–Kier alpha value is -2.60. The van der Waals surface area contributed by atoms with Crippen molar-refractivity contribution in [1.29, 1.82) is 0 Å². The Labute approximate surface area is 165 Å². The van der Waals surface area contributed by atoms with Crippen LogP contribution < -0.4 is 14.8 Å². The van der Waals surface area contributed by atoms with Crippen LogP contribution in [0.5, 0.6) is 11.5 Å². The molecule has 0 spiro atoms. The predicted molar refractivity (Wildman–Crippen MR) is 107 cm³/mol. The number of nitrogens with zero attached hydrogens (tertiary/aromatic N) is 2. The average Bonchev–Trinajstić information content (AvgIpc) is 2.99. The molecule has 6 nitrogen and oxygen atoms in total. The first-order valence-electron chi connectivity index (χ1n) is 10.1. The lowest BCUT2D eigenvalue weighted by Crippen LogP contribution is -2.45. The number of piperidine rings is 1. The number of pyridine rings is 1. The van der Waals surface area contributed by atoms with Crippen LogP contribution in [0.2, 0.25) is 0 Å². The molecule has 0 aliphatic carbocycles. The van der Waals surface area contributed by atoms with Gasteiger partial charge in [0.15, 0.2) is 11.5 Å². The number of amides is 1. The minimum Gasteiger partial charge on any atom is -0.490 e. The molecule has 2 aromatic rings. The smallest absolute Gasteiger partial charge is 0.253 e. The van der Waals surface area contributed by atoms with Crippen molar-refractivity contribution >= 4 is 5.91 Å². The first-order valence-corrected chi connectivity index (χ1v) is 10.1. The molecular weight excluding hydrogens is 354 g/mol. The van der Waals surface area contributed by atoms with E-state index in [2.05, 4.69) is 29.4 Å². The number of hydrogen-bond acceptors (Lipinski definition) is 5. The Bertz CT molecular complexity index is 804. The van der Waals surface area contributed by atoms with Gasteiger partial charge >= 0.3 is 0 Å². The molecule has 28 heavy (non-hydrogen) atoms. The fraction of sp³-hybridized carbons (Fsp3) is 0.455. The SMILES string of the molecule is CC(NC1CCN(C(=O)c2ccncc2)CC1)c1ccc2c(c1)OCCCO2. The lowest BCUT2D eigenvalue weighted by molar-refractivity contribution is 0.0702. The highest BCUT2D eigenvalue weighted by molar-refractivity contribution is 5.94. The number of fused-ring (bicyclic) bond motifs is 1. The summed E-state index contributed by atoms with van der Waals surface area (Å²) in [4.78, 5) is 18.5. The Morgan fingerprint density at radius 1 is 1.11 bits per heavy atom. The van der Waals surface area contributed by atoms with E-state index in [-0.39, 0.29) is 11.9 Å². The van der Waals surface area contributed by atoms with E-state index in [4.69, 9.17) is 9.47 Å². The maximum absolute atomic E-state index is 12.6. The molecule has 148 valence electrons. The molecule has 1 N–H and O–H groups in total. The first-order chi connectivity index (χ1) is 13.7. The van der Waals surface area contributed by atoms with Crippen molar-refractivity contribution in [3.05, 3.63) is 53.9 Å². The lowest BCUT2D eigenvalue weighted by Gasteiger charge is -2.34. The minimum absolute atomic E-state index is 0.0943. The normalized spacial score (nSPS) is 18.4. The molecule has 0 radical (unpaired) electrons. The van der Waals surface area contributed by atoms with Gasteiger partial charge in [0.25, 0.3) is 5.91 Å². The zero-order chi connectivity index (χ0) is 19.3. The van der Waals surface area contributed by atoms with E-state index >= 15 is 0 Å². The van der Waals surface area contributed by atoms with Gasteiger partial charge in [-0.3, -0.25) is 9.78 Å². The quantitative estimate of drug-likeness (QED) is 0.881. The highest BCUT2D eigenvalue weighted by Gasteiger charge is 2.25. The maximum Gasteiger partial charge on any atom is 0.253 e. The number of hydrogen-bond donors (Lipinski definition) is 1. The highest BCUT2D eigenvalue weighted by atomic mass is 16.5. The van der Waals surface area contributed by atoms with E-state index in [1.807, 2.05) is 11.0 Å². The summed E-state index contributed by atoms with van der Waals surface area (Å²) < 4.78 is 11.5. The number of carbonyl (C=O) groups excluding carboxylic acids is 1. The third-order valence-electron chi connectivity index (χ3n) is 5.47. The second-order valence-electron chi connectivity index (χ2n) is 7.45. The number of carbonyl (C=O) groups is 1. The number of rotatable bonds is 4. The van der Waals surface area contributed by atoms with Gasteiger partial charge in [0.05, 0.1) is 13.2 Å². The molecule has 1 atom stereocenters. The van der Waals surface area contributed by atoms with Crippen LogP contribution in [0, 0.1) is 0 Å². The van der Waals surface area contributed by atoms with Gasteiger partial charge in [0.2, 0.25) is 0 Å². The molecule has 1 aromatic heterocycles. The zero-order valence-corrected chi connectivity index (χ0v) is 16.3. The molecule has 1 aromatic carbocycles. The number of aromatic nitrogens is 1. The molecule has 1 amide bonds. The summed E-state index contributed by atoms with van der Waals surface area (Å²) in [5.41, 5.74) is 1.90. The zero-order valence-electron chi connectivity index (χ0n) is 16.3. The first kappa shape index (κ1) is 18.7. The van der Waals surface area contributed by atoms with Crippen LogP contribution in [0.1, 0.15) is 48.1 Å². The van der Waals surface area contributed by atoms with E-state index < -0.39 is 0 Å². The molecule has 3 heterocycles. The summed E-state index contributed by atoms with van der Waals surface area (Å²) >= 11 is 0. The van der Waals surface area contributed by atoms with Crippen molar-refractivity contribution in [2.75, 3.05) is 26.3 Å². The summed E-state index contributed by atoms with van der Waals surface area (Å²) in [6.45, 7) is 5.12. The van der Waals surface area contributed by atoms with Crippen molar-refractivity contribution in [3.63, 3.8) is 0 Å². The van der Waals surface area contributed by atoms with Crippen LogP contribution in [0.3, 0.4) is 0 Å².